The van der Waals surface area contributed by atoms with Crippen molar-refractivity contribution in [3.63, 3.8) is 0 Å². The maximum atomic E-state index is 11.4. The highest BCUT2D eigenvalue weighted by molar-refractivity contribution is 5.90. The van der Waals surface area contributed by atoms with Crippen LogP contribution in [0.3, 0.4) is 0 Å². The van der Waals surface area contributed by atoms with Gasteiger partial charge in [0.1, 0.15) is 0 Å². The highest BCUT2D eigenvalue weighted by Gasteiger charge is 2.26. The summed E-state index contributed by atoms with van der Waals surface area (Å²) in [6.07, 6.45) is 5.22. The van der Waals surface area contributed by atoms with Crippen molar-refractivity contribution >= 4 is 5.78 Å². The molecule has 2 rings (SSSR count). The molecule has 1 unspecified atom stereocenters. The first-order valence-corrected chi connectivity index (χ1v) is 5.04. The van der Waals surface area contributed by atoms with E-state index in [2.05, 4.69) is 18.2 Å². The molecule has 72 valence electrons. The molecule has 1 nitrogen and oxygen atoms in total. The predicted octanol–water partition coefficient (Wildman–Crippen LogP) is 2.86. The Kier molecular flexibility index (Phi) is 2.49. The quantitative estimate of drug-likeness (QED) is 0.663. The van der Waals surface area contributed by atoms with E-state index in [9.17, 15) is 4.79 Å². The van der Waals surface area contributed by atoms with Crippen LogP contribution in [0.25, 0.3) is 0 Å². The fourth-order valence-corrected chi connectivity index (χ4v) is 2.04. The van der Waals surface area contributed by atoms with Gasteiger partial charge in [0.05, 0.1) is 0 Å². The molecule has 0 heterocycles. The number of hydrogen-bond donors (Lipinski definition) is 0. The lowest BCUT2D eigenvalue weighted by atomic mass is 9.75. The van der Waals surface area contributed by atoms with Crippen LogP contribution >= 0.6 is 0 Å². The standard InChI is InChI=1S/C13H14O/c1-2-5-12(14)9-11-8-10-6-3-4-7-13(10)11/h2-7,11H,8-9H2,1H3/b5-2+. The van der Waals surface area contributed by atoms with Crippen LogP contribution in [0.4, 0.5) is 0 Å². The van der Waals surface area contributed by atoms with Crippen LogP contribution in [0.5, 0.6) is 0 Å². The Morgan fingerprint density at radius 2 is 2.29 bits per heavy atom. The van der Waals surface area contributed by atoms with Crippen LogP contribution in [-0.4, -0.2) is 5.78 Å². The molecule has 0 saturated heterocycles. The Morgan fingerprint density at radius 3 is 3.00 bits per heavy atom. The largest absolute Gasteiger partial charge is 0.295 e. The molecule has 14 heavy (non-hydrogen) atoms. The number of benzene rings is 1. The SMILES string of the molecule is C/C=C/C(=O)CC1Cc2ccccc21. The molecule has 0 fully saturated rings. The first-order valence-electron chi connectivity index (χ1n) is 5.04. The van der Waals surface area contributed by atoms with Gasteiger partial charge in [0.25, 0.3) is 0 Å². The van der Waals surface area contributed by atoms with Gasteiger partial charge in [0.2, 0.25) is 0 Å². The first-order chi connectivity index (χ1) is 6.81. The summed E-state index contributed by atoms with van der Waals surface area (Å²) in [5.74, 6) is 0.710. The molecule has 1 aliphatic carbocycles. The van der Waals surface area contributed by atoms with Crippen molar-refractivity contribution in [2.24, 2.45) is 0 Å². The molecule has 0 aliphatic heterocycles. The van der Waals surface area contributed by atoms with Gasteiger partial charge in [0, 0.05) is 6.42 Å². The average molecular weight is 186 g/mol. The fourth-order valence-electron chi connectivity index (χ4n) is 2.04. The topological polar surface area (TPSA) is 17.1 Å². The van der Waals surface area contributed by atoms with E-state index in [1.807, 2.05) is 19.1 Å². The van der Waals surface area contributed by atoms with E-state index in [0.29, 0.717) is 12.3 Å². The molecule has 1 aliphatic rings. The number of rotatable bonds is 3. The third-order valence-electron chi connectivity index (χ3n) is 2.76. The van der Waals surface area contributed by atoms with Crippen molar-refractivity contribution in [2.75, 3.05) is 0 Å². The van der Waals surface area contributed by atoms with Gasteiger partial charge in [-0.25, -0.2) is 0 Å². The van der Waals surface area contributed by atoms with Crippen LogP contribution < -0.4 is 0 Å². The Bertz CT molecular complexity index is 377. The van der Waals surface area contributed by atoms with Crippen LogP contribution in [0, 0.1) is 0 Å². The highest BCUT2D eigenvalue weighted by Crippen LogP contribution is 2.37. The van der Waals surface area contributed by atoms with Gasteiger partial charge < -0.3 is 0 Å². The Balaban J connectivity index is 2.02. The summed E-state index contributed by atoms with van der Waals surface area (Å²) in [6.45, 7) is 1.88. The minimum absolute atomic E-state index is 0.243. The van der Waals surface area contributed by atoms with Crippen LogP contribution in [0.1, 0.15) is 30.4 Å². The monoisotopic (exact) mass is 186 g/mol. The fraction of sp³-hybridized carbons (Fsp3) is 0.308. The van der Waals surface area contributed by atoms with Crippen LogP contribution in [0.15, 0.2) is 36.4 Å². The molecule has 0 N–H and O–H groups in total. The summed E-state index contributed by atoms with van der Waals surface area (Å²) < 4.78 is 0. The van der Waals surface area contributed by atoms with Gasteiger partial charge in [-0.05, 0) is 36.5 Å². The number of fused-ring (bicyclic) bond motifs is 1. The summed E-state index contributed by atoms with van der Waals surface area (Å²) in [4.78, 5) is 11.4. The molecule has 1 heteroatoms. The van der Waals surface area contributed by atoms with E-state index in [4.69, 9.17) is 0 Å². The second-order valence-electron chi connectivity index (χ2n) is 3.77. The molecular weight excluding hydrogens is 172 g/mol. The van der Waals surface area contributed by atoms with E-state index in [-0.39, 0.29) is 5.78 Å². The average Bonchev–Trinajstić information content (AvgIpc) is 2.15. The maximum absolute atomic E-state index is 11.4. The molecule has 0 radical (unpaired) electrons. The van der Waals surface area contributed by atoms with Crippen molar-refractivity contribution < 1.29 is 4.79 Å². The normalized spacial score (nSPS) is 19.1. The van der Waals surface area contributed by atoms with E-state index in [0.717, 1.165) is 6.42 Å². The third-order valence-corrected chi connectivity index (χ3v) is 2.76. The number of carbonyl (C=O) groups is 1. The van der Waals surface area contributed by atoms with Crippen LogP contribution in [0.2, 0.25) is 0 Å². The van der Waals surface area contributed by atoms with Crippen molar-refractivity contribution in [3.8, 4) is 0 Å². The second kappa shape index (κ2) is 3.79. The second-order valence-corrected chi connectivity index (χ2v) is 3.77. The summed E-state index contributed by atoms with van der Waals surface area (Å²) in [6, 6.07) is 8.38. The van der Waals surface area contributed by atoms with E-state index >= 15 is 0 Å². The molecule has 1 aromatic carbocycles. The van der Waals surface area contributed by atoms with Crippen molar-refractivity contribution in [1.29, 1.82) is 0 Å². The first kappa shape index (κ1) is 9.20. The van der Waals surface area contributed by atoms with Gasteiger partial charge >= 0.3 is 0 Å². The lowest BCUT2D eigenvalue weighted by molar-refractivity contribution is -0.115. The summed E-state index contributed by atoms with van der Waals surface area (Å²) in [5.41, 5.74) is 2.77. The summed E-state index contributed by atoms with van der Waals surface area (Å²) in [5, 5.41) is 0. The van der Waals surface area contributed by atoms with E-state index < -0.39 is 0 Å². The van der Waals surface area contributed by atoms with Crippen molar-refractivity contribution in [3.05, 3.63) is 47.5 Å². The van der Waals surface area contributed by atoms with Crippen LogP contribution in [-0.2, 0) is 11.2 Å². The number of hydrogen-bond acceptors (Lipinski definition) is 1. The Hall–Kier alpha value is -1.37. The third kappa shape index (κ3) is 1.63. The molecule has 0 aromatic heterocycles. The summed E-state index contributed by atoms with van der Waals surface area (Å²) >= 11 is 0. The molecule has 0 bridgehead atoms. The van der Waals surface area contributed by atoms with Gasteiger partial charge in [0.15, 0.2) is 5.78 Å². The predicted molar refractivity (Wildman–Crippen MR) is 57.3 cm³/mol. The molecule has 1 aromatic rings. The lowest BCUT2D eigenvalue weighted by Gasteiger charge is -2.29. The van der Waals surface area contributed by atoms with E-state index in [1.54, 1.807) is 6.08 Å². The summed E-state index contributed by atoms with van der Waals surface area (Å²) in [7, 11) is 0. The molecule has 1 atom stereocenters. The zero-order chi connectivity index (χ0) is 9.97. The molecular formula is C13H14O. The minimum atomic E-state index is 0.243. The smallest absolute Gasteiger partial charge is 0.155 e. The van der Waals surface area contributed by atoms with E-state index in [1.165, 1.54) is 11.1 Å². The van der Waals surface area contributed by atoms with Gasteiger partial charge in [-0.2, -0.15) is 0 Å². The number of ketones is 1. The lowest BCUT2D eigenvalue weighted by Crippen LogP contribution is -2.19. The highest BCUT2D eigenvalue weighted by atomic mass is 16.1. The zero-order valence-electron chi connectivity index (χ0n) is 8.36. The van der Waals surface area contributed by atoms with Gasteiger partial charge in [-0.1, -0.05) is 30.3 Å². The molecule has 0 saturated carbocycles. The number of allylic oxidation sites excluding steroid dienone is 2. The molecule has 0 spiro atoms. The Labute approximate surface area is 84.5 Å². The number of carbonyl (C=O) groups excluding carboxylic acids is 1. The van der Waals surface area contributed by atoms with Gasteiger partial charge in [-0.15, -0.1) is 0 Å². The Morgan fingerprint density at radius 1 is 1.50 bits per heavy atom. The van der Waals surface area contributed by atoms with Crippen molar-refractivity contribution in [1.82, 2.24) is 0 Å². The minimum Gasteiger partial charge on any atom is -0.295 e. The van der Waals surface area contributed by atoms with Crippen molar-refractivity contribution in [2.45, 2.75) is 25.7 Å². The maximum Gasteiger partial charge on any atom is 0.155 e. The molecule has 0 amide bonds. The zero-order valence-corrected chi connectivity index (χ0v) is 8.36. The van der Waals surface area contributed by atoms with Gasteiger partial charge in [-0.3, -0.25) is 4.79 Å².